The van der Waals surface area contributed by atoms with E-state index in [0.29, 0.717) is 22.7 Å². The van der Waals surface area contributed by atoms with E-state index in [4.69, 9.17) is 10.00 Å². The number of carbonyl (C=O) groups is 2. The SMILES string of the molecule is N#CC(=CNc1ccc(Oc2ccc3c(c2)C(=O)NC3=O)cc1)c1nn[nH]n1. The zero-order chi connectivity index (χ0) is 19.5. The molecule has 0 radical (unpaired) electrons. The molecule has 4 rings (SSSR count). The number of hydrogen-bond acceptors (Lipinski definition) is 8. The van der Waals surface area contributed by atoms with Gasteiger partial charge in [0, 0.05) is 11.9 Å². The molecule has 2 amide bonds. The highest BCUT2D eigenvalue weighted by Crippen LogP contribution is 2.27. The average Bonchev–Trinajstić information content (AvgIpc) is 3.33. The van der Waals surface area contributed by atoms with Crippen LogP contribution in [-0.2, 0) is 0 Å². The van der Waals surface area contributed by atoms with Gasteiger partial charge in [-0.3, -0.25) is 14.9 Å². The number of benzene rings is 2. The van der Waals surface area contributed by atoms with Crippen LogP contribution >= 0.6 is 0 Å². The summed E-state index contributed by atoms with van der Waals surface area (Å²) >= 11 is 0. The van der Waals surface area contributed by atoms with Gasteiger partial charge in [0.15, 0.2) is 0 Å². The molecule has 3 N–H and O–H groups in total. The second kappa shape index (κ2) is 7.00. The van der Waals surface area contributed by atoms with Gasteiger partial charge >= 0.3 is 0 Å². The maximum Gasteiger partial charge on any atom is 0.259 e. The second-order valence-electron chi connectivity index (χ2n) is 5.67. The maximum absolute atomic E-state index is 11.7. The normalized spacial score (nSPS) is 12.9. The zero-order valence-corrected chi connectivity index (χ0v) is 14.1. The number of imide groups is 1. The van der Waals surface area contributed by atoms with E-state index in [9.17, 15) is 9.59 Å². The highest BCUT2D eigenvalue weighted by atomic mass is 16.5. The van der Waals surface area contributed by atoms with Gasteiger partial charge in [0.05, 0.1) is 11.1 Å². The third-order valence-electron chi connectivity index (χ3n) is 3.89. The van der Waals surface area contributed by atoms with Gasteiger partial charge in [-0.05, 0) is 47.7 Å². The first kappa shape index (κ1) is 16.9. The Morgan fingerprint density at radius 3 is 2.54 bits per heavy atom. The molecule has 10 heteroatoms. The number of aromatic nitrogens is 4. The molecular weight excluding hydrogens is 362 g/mol. The zero-order valence-electron chi connectivity index (χ0n) is 14.1. The molecule has 0 aliphatic carbocycles. The molecule has 0 saturated carbocycles. The number of rotatable bonds is 5. The van der Waals surface area contributed by atoms with E-state index in [-0.39, 0.29) is 17.0 Å². The summed E-state index contributed by atoms with van der Waals surface area (Å²) in [6.07, 6.45) is 1.47. The number of nitriles is 1. The molecule has 0 spiro atoms. The lowest BCUT2D eigenvalue weighted by molar-refractivity contribution is 0.0879. The van der Waals surface area contributed by atoms with Crippen molar-refractivity contribution in [1.82, 2.24) is 25.9 Å². The number of tetrazole rings is 1. The minimum Gasteiger partial charge on any atom is -0.457 e. The summed E-state index contributed by atoms with van der Waals surface area (Å²) in [5.74, 6) is 0.319. The molecule has 0 atom stereocenters. The number of nitrogens with one attached hydrogen (secondary N) is 3. The molecule has 1 aliphatic heterocycles. The molecule has 0 unspecified atom stereocenters. The van der Waals surface area contributed by atoms with Gasteiger partial charge in [0.25, 0.3) is 11.8 Å². The summed E-state index contributed by atoms with van der Waals surface area (Å²) in [6.45, 7) is 0. The molecule has 28 heavy (non-hydrogen) atoms. The summed E-state index contributed by atoms with van der Waals surface area (Å²) in [5.41, 5.74) is 1.55. The number of ether oxygens (including phenoxy) is 1. The quantitative estimate of drug-likeness (QED) is 0.454. The Hall–Kier alpha value is -4.52. The molecule has 136 valence electrons. The average molecular weight is 373 g/mol. The van der Waals surface area contributed by atoms with Crippen LogP contribution < -0.4 is 15.4 Å². The van der Waals surface area contributed by atoms with Crippen molar-refractivity contribution in [1.29, 1.82) is 5.26 Å². The Kier molecular flexibility index (Phi) is 4.23. The van der Waals surface area contributed by atoms with Crippen LogP contribution in [0.5, 0.6) is 11.5 Å². The molecule has 10 nitrogen and oxygen atoms in total. The largest absolute Gasteiger partial charge is 0.457 e. The molecule has 0 saturated heterocycles. The lowest BCUT2D eigenvalue weighted by atomic mass is 10.1. The Bertz CT molecular complexity index is 1130. The van der Waals surface area contributed by atoms with Crippen LogP contribution in [0.2, 0.25) is 0 Å². The molecular formula is C18H11N7O3. The predicted octanol–water partition coefficient (Wildman–Crippen LogP) is 1.85. The van der Waals surface area contributed by atoms with Gasteiger partial charge < -0.3 is 10.1 Å². The first-order valence-corrected chi connectivity index (χ1v) is 8.02. The molecule has 0 fully saturated rings. The summed E-state index contributed by atoms with van der Waals surface area (Å²) in [6, 6.07) is 13.6. The number of fused-ring (bicyclic) bond motifs is 1. The molecule has 2 heterocycles. The molecule has 0 bridgehead atoms. The van der Waals surface area contributed by atoms with E-state index in [2.05, 4.69) is 31.3 Å². The van der Waals surface area contributed by atoms with E-state index in [1.54, 1.807) is 36.4 Å². The Morgan fingerprint density at radius 2 is 1.82 bits per heavy atom. The molecule has 3 aromatic rings. The van der Waals surface area contributed by atoms with Crippen molar-refractivity contribution in [3.63, 3.8) is 0 Å². The van der Waals surface area contributed by atoms with Gasteiger partial charge in [-0.2, -0.15) is 10.5 Å². The monoisotopic (exact) mass is 373 g/mol. The van der Waals surface area contributed by atoms with E-state index in [0.717, 1.165) is 0 Å². The summed E-state index contributed by atoms with van der Waals surface area (Å²) in [5, 5.41) is 27.5. The van der Waals surface area contributed by atoms with Crippen molar-refractivity contribution >= 4 is 23.1 Å². The standard InChI is InChI=1S/C18H11N7O3/c19-8-10(16-22-24-25-23-16)9-20-11-1-3-12(4-2-11)28-13-5-6-14-15(7-13)18(27)21-17(14)26/h1-7,9,20H,(H,21,26,27)(H,22,23,24,25). The van der Waals surface area contributed by atoms with Crippen molar-refractivity contribution in [2.45, 2.75) is 0 Å². The number of anilines is 1. The van der Waals surface area contributed by atoms with Gasteiger partial charge in [-0.25, -0.2) is 0 Å². The number of allylic oxidation sites excluding steroid dienone is 1. The lowest BCUT2D eigenvalue weighted by Gasteiger charge is -2.08. The first-order chi connectivity index (χ1) is 13.6. The minimum atomic E-state index is -0.438. The minimum absolute atomic E-state index is 0.189. The number of H-pyrrole nitrogens is 1. The van der Waals surface area contributed by atoms with E-state index in [1.807, 2.05) is 6.07 Å². The van der Waals surface area contributed by atoms with Gasteiger partial charge in [0.2, 0.25) is 5.82 Å². The molecule has 1 aromatic heterocycles. The van der Waals surface area contributed by atoms with Crippen molar-refractivity contribution in [2.75, 3.05) is 5.32 Å². The van der Waals surface area contributed by atoms with Gasteiger partial charge in [0.1, 0.15) is 23.1 Å². The molecule has 1 aliphatic rings. The number of amides is 2. The van der Waals surface area contributed by atoms with Crippen LogP contribution in [0.3, 0.4) is 0 Å². The van der Waals surface area contributed by atoms with Crippen molar-refractivity contribution in [2.24, 2.45) is 0 Å². The van der Waals surface area contributed by atoms with Crippen molar-refractivity contribution in [3.05, 3.63) is 65.6 Å². The Morgan fingerprint density at radius 1 is 1.07 bits per heavy atom. The number of aromatic amines is 1. The smallest absolute Gasteiger partial charge is 0.259 e. The third-order valence-corrected chi connectivity index (χ3v) is 3.89. The topological polar surface area (TPSA) is 146 Å². The fourth-order valence-corrected chi connectivity index (χ4v) is 2.54. The first-order valence-electron chi connectivity index (χ1n) is 8.02. The van der Waals surface area contributed by atoms with Gasteiger partial charge in [-0.1, -0.05) is 0 Å². The van der Waals surface area contributed by atoms with Crippen LogP contribution in [0.4, 0.5) is 5.69 Å². The number of hydrogen-bond donors (Lipinski definition) is 3. The van der Waals surface area contributed by atoms with Crippen LogP contribution in [-0.4, -0.2) is 32.4 Å². The summed E-state index contributed by atoms with van der Waals surface area (Å²) < 4.78 is 5.73. The van der Waals surface area contributed by atoms with Crippen LogP contribution in [0.15, 0.2) is 48.7 Å². The van der Waals surface area contributed by atoms with Crippen molar-refractivity contribution < 1.29 is 14.3 Å². The van der Waals surface area contributed by atoms with Crippen LogP contribution in [0, 0.1) is 11.3 Å². The second-order valence-corrected chi connectivity index (χ2v) is 5.67. The fourth-order valence-electron chi connectivity index (χ4n) is 2.54. The lowest BCUT2D eigenvalue weighted by Crippen LogP contribution is -2.19. The van der Waals surface area contributed by atoms with E-state index >= 15 is 0 Å². The van der Waals surface area contributed by atoms with Crippen LogP contribution in [0.25, 0.3) is 5.57 Å². The Balaban J connectivity index is 1.46. The maximum atomic E-state index is 11.7. The van der Waals surface area contributed by atoms with E-state index < -0.39 is 11.8 Å². The number of carbonyl (C=O) groups excluding carboxylic acids is 2. The predicted molar refractivity (Wildman–Crippen MR) is 96.1 cm³/mol. The van der Waals surface area contributed by atoms with Gasteiger partial charge in [-0.15, -0.1) is 10.2 Å². The number of nitrogens with zero attached hydrogens (tertiary/aromatic N) is 4. The fraction of sp³-hybridized carbons (Fsp3) is 0. The molecule has 2 aromatic carbocycles. The Labute approximate surface area is 157 Å². The third kappa shape index (κ3) is 3.27. The highest BCUT2D eigenvalue weighted by Gasteiger charge is 2.26. The summed E-state index contributed by atoms with van der Waals surface area (Å²) in [4.78, 5) is 23.3. The van der Waals surface area contributed by atoms with Crippen LogP contribution in [0.1, 0.15) is 26.5 Å². The highest BCUT2D eigenvalue weighted by molar-refractivity contribution is 6.21. The van der Waals surface area contributed by atoms with Crippen molar-refractivity contribution in [3.8, 4) is 17.6 Å². The van der Waals surface area contributed by atoms with E-state index in [1.165, 1.54) is 12.3 Å². The summed E-state index contributed by atoms with van der Waals surface area (Å²) in [7, 11) is 0.